The molecule has 3 aliphatic rings. The van der Waals surface area contributed by atoms with Gasteiger partial charge in [0, 0.05) is 36.0 Å². The molecule has 134 valence electrons. The molecule has 1 atom stereocenters. The number of ether oxygens (including phenoxy) is 1. The Bertz CT molecular complexity index is 859. The van der Waals surface area contributed by atoms with E-state index in [9.17, 15) is 0 Å². The molecule has 1 N–H and O–H groups in total. The molecule has 5 heteroatoms. The van der Waals surface area contributed by atoms with Crippen LogP contribution in [0.5, 0.6) is 5.75 Å². The Hall–Kier alpha value is -1.82. The molecule has 1 unspecified atom stereocenters. The van der Waals surface area contributed by atoms with Crippen LogP contribution in [0.4, 0.5) is 0 Å². The van der Waals surface area contributed by atoms with Gasteiger partial charge in [-0.2, -0.15) is 5.01 Å². The summed E-state index contributed by atoms with van der Waals surface area (Å²) >= 11 is 3.62. The van der Waals surface area contributed by atoms with E-state index in [1.54, 1.807) is 0 Å². The second-order valence-electron chi connectivity index (χ2n) is 7.41. The number of hydrogen-bond acceptors (Lipinski definition) is 4. The number of hydrazine groups is 1. The molecule has 0 saturated carbocycles. The molecule has 4 nitrogen and oxygen atoms in total. The number of hydrogen-bond donors (Lipinski definition) is 1. The molecule has 0 amide bonds. The second-order valence-corrected chi connectivity index (χ2v) is 8.32. The van der Waals surface area contributed by atoms with Crippen molar-refractivity contribution in [3.05, 3.63) is 70.2 Å². The van der Waals surface area contributed by atoms with Gasteiger partial charge in [-0.25, -0.2) is 0 Å². The van der Waals surface area contributed by atoms with Gasteiger partial charge in [0.05, 0.1) is 11.7 Å². The van der Waals surface area contributed by atoms with Gasteiger partial charge in [-0.1, -0.05) is 46.3 Å². The van der Waals surface area contributed by atoms with Crippen molar-refractivity contribution in [2.24, 2.45) is 0 Å². The predicted octanol–water partition coefficient (Wildman–Crippen LogP) is 4.17. The standard InChI is InChI=1S/C21H22BrN3O/c1-24-11-9-21(10-12-24)25-19(17-13-16(22)7-8-20(17)26-21)14-18(23-25)15-5-3-2-4-6-15/h2-8,13-14,19,23H,9-12H2,1H3. The van der Waals surface area contributed by atoms with E-state index in [0.717, 1.165) is 41.9 Å². The van der Waals surface area contributed by atoms with Crippen LogP contribution in [0.25, 0.3) is 5.70 Å². The number of benzene rings is 2. The summed E-state index contributed by atoms with van der Waals surface area (Å²) in [7, 11) is 2.18. The maximum Gasteiger partial charge on any atom is 0.182 e. The van der Waals surface area contributed by atoms with Gasteiger partial charge in [-0.15, -0.1) is 0 Å². The largest absolute Gasteiger partial charge is 0.470 e. The minimum Gasteiger partial charge on any atom is -0.470 e. The van der Waals surface area contributed by atoms with E-state index in [4.69, 9.17) is 4.74 Å². The fourth-order valence-corrected chi connectivity index (χ4v) is 4.62. The summed E-state index contributed by atoms with van der Waals surface area (Å²) in [6.07, 6.45) is 4.31. The Morgan fingerprint density at radius 2 is 1.88 bits per heavy atom. The lowest BCUT2D eigenvalue weighted by Crippen LogP contribution is -2.63. The first-order valence-corrected chi connectivity index (χ1v) is 9.94. The molecule has 1 fully saturated rings. The topological polar surface area (TPSA) is 27.7 Å². The van der Waals surface area contributed by atoms with Gasteiger partial charge in [0.2, 0.25) is 0 Å². The summed E-state index contributed by atoms with van der Waals surface area (Å²) in [6, 6.07) is 17.1. The van der Waals surface area contributed by atoms with Gasteiger partial charge < -0.3 is 15.1 Å². The van der Waals surface area contributed by atoms with Crippen molar-refractivity contribution < 1.29 is 4.74 Å². The first-order valence-electron chi connectivity index (χ1n) is 9.15. The van der Waals surface area contributed by atoms with Gasteiger partial charge in [0.15, 0.2) is 5.72 Å². The van der Waals surface area contributed by atoms with Crippen LogP contribution in [-0.2, 0) is 0 Å². The van der Waals surface area contributed by atoms with Crippen LogP contribution in [0, 0.1) is 0 Å². The van der Waals surface area contributed by atoms with Crippen molar-refractivity contribution in [3.8, 4) is 5.75 Å². The normalized spacial score (nSPS) is 24.4. The Kier molecular flexibility index (Phi) is 3.85. The van der Waals surface area contributed by atoms with Crippen LogP contribution < -0.4 is 10.2 Å². The van der Waals surface area contributed by atoms with Crippen LogP contribution in [0.3, 0.4) is 0 Å². The number of piperidine rings is 1. The fraction of sp³-hybridized carbons (Fsp3) is 0.333. The van der Waals surface area contributed by atoms with Crippen molar-refractivity contribution in [3.63, 3.8) is 0 Å². The molecule has 2 aromatic carbocycles. The Balaban J connectivity index is 1.59. The zero-order valence-electron chi connectivity index (χ0n) is 14.8. The highest BCUT2D eigenvalue weighted by Gasteiger charge is 2.51. The number of rotatable bonds is 1. The third kappa shape index (κ3) is 2.57. The lowest BCUT2D eigenvalue weighted by molar-refractivity contribution is -0.157. The smallest absolute Gasteiger partial charge is 0.182 e. The SMILES string of the molecule is CN1CCC2(CC1)Oc1ccc(Br)cc1C1C=C(c3ccccc3)NN12. The number of likely N-dealkylation sites (tertiary alicyclic amines) is 1. The van der Waals surface area contributed by atoms with Crippen molar-refractivity contribution in [1.29, 1.82) is 0 Å². The highest BCUT2D eigenvalue weighted by Crippen LogP contribution is 2.48. The van der Waals surface area contributed by atoms with E-state index in [0.29, 0.717) is 0 Å². The van der Waals surface area contributed by atoms with E-state index in [1.807, 2.05) is 0 Å². The number of nitrogens with zero attached hydrogens (tertiary/aromatic N) is 2. The molecular weight excluding hydrogens is 390 g/mol. The van der Waals surface area contributed by atoms with Crippen LogP contribution in [0.15, 0.2) is 59.1 Å². The van der Waals surface area contributed by atoms with E-state index in [1.165, 1.54) is 11.1 Å². The molecule has 5 rings (SSSR count). The van der Waals surface area contributed by atoms with Crippen molar-refractivity contribution in [2.75, 3.05) is 20.1 Å². The number of nitrogens with one attached hydrogen (secondary N) is 1. The molecule has 26 heavy (non-hydrogen) atoms. The fourth-order valence-electron chi connectivity index (χ4n) is 4.24. The summed E-state index contributed by atoms with van der Waals surface area (Å²) in [6.45, 7) is 2.08. The minimum absolute atomic E-state index is 0.176. The van der Waals surface area contributed by atoms with Crippen LogP contribution in [0.2, 0.25) is 0 Å². The van der Waals surface area contributed by atoms with Crippen LogP contribution in [-0.4, -0.2) is 35.8 Å². The molecular formula is C21H22BrN3O. The molecule has 0 aliphatic carbocycles. The van der Waals surface area contributed by atoms with E-state index >= 15 is 0 Å². The van der Waals surface area contributed by atoms with Crippen molar-refractivity contribution in [2.45, 2.75) is 24.6 Å². The maximum absolute atomic E-state index is 6.64. The van der Waals surface area contributed by atoms with Crippen molar-refractivity contribution in [1.82, 2.24) is 15.3 Å². The third-order valence-corrected chi connectivity index (χ3v) is 6.22. The summed E-state index contributed by atoms with van der Waals surface area (Å²) in [5.41, 5.74) is 6.96. The predicted molar refractivity (Wildman–Crippen MR) is 106 cm³/mol. The molecule has 2 aromatic rings. The molecule has 1 spiro atoms. The quantitative estimate of drug-likeness (QED) is 0.761. The third-order valence-electron chi connectivity index (χ3n) is 5.73. The zero-order valence-corrected chi connectivity index (χ0v) is 16.4. The Labute approximate surface area is 162 Å². The Morgan fingerprint density at radius 1 is 1.12 bits per heavy atom. The lowest BCUT2D eigenvalue weighted by atomic mass is 9.93. The molecule has 3 aliphatic heterocycles. The molecule has 0 aromatic heterocycles. The van der Waals surface area contributed by atoms with Gasteiger partial charge in [0.1, 0.15) is 5.75 Å². The first kappa shape index (κ1) is 16.4. The van der Waals surface area contributed by atoms with Crippen molar-refractivity contribution >= 4 is 21.6 Å². The van der Waals surface area contributed by atoms with E-state index in [2.05, 4.69) is 92.9 Å². The highest BCUT2D eigenvalue weighted by molar-refractivity contribution is 9.10. The average molecular weight is 412 g/mol. The summed E-state index contributed by atoms with van der Waals surface area (Å²) in [4.78, 5) is 2.38. The van der Waals surface area contributed by atoms with Crippen LogP contribution in [0.1, 0.15) is 30.0 Å². The van der Waals surface area contributed by atoms with Gasteiger partial charge in [0.25, 0.3) is 0 Å². The zero-order chi connectivity index (χ0) is 17.7. The Morgan fingerprint density at radius 3 is 2.65 bits per heavy atom. The van der Waals surface area contributed by atoms with Gasteiger partial charge in [-0.05, 0) is 36.9 Å². The first-order chi connectivity index (χ1) is 12.6. The molecule has 3 heterocycles. The summed E-state index contributed by atoms with van der Waals surface area (Å²) < 4.78 is 7.73. The monoisotopic (exact) mass is 411 g/mol. The van der Waals surface area contributed by atoms with E-state index in [-0.39, 0.29) is 11.8 Å². The molecule has 1 saturated heterocycles. The average Bonchev–Trinajstić information content (AvgIpc) is 3.12. The number of fused-ring (bicyclic) bond motifs is 4. The minimum atomic E-state index is -0.301. The lowest BCUT2D eigenvalue weighted by Gasteiger charge is -2.51. The summed E-state index contributed by atoms with van der Waals surface area (Å²) in [5.74, 6) is 1.01. The molecule has 0 radical (unpaired) electrons. The highest BCUT2D eigenvalue weighted by atomic mass is 79.9. The maximum atomic E-state index is 6.64. The van der Waals surface area contributed by atoms with E-state index < -0.39 is 0 Å². The van der Waals surface area contributed by atoms with Crippen LogP contribution >= 0.6 is 15.9 Å². The molecule has 0 bridgehead atoms. The van der Waals surface area contributed by atoms with Gasteiger partial charge in [-0.3, -0.25) is 0 Å². The number of halogens is 1. The second kappa shape index (κ2) is 6.12. The van der Waals surface area contributed by atoms with Gasteiger partial charge >= 0.3 is 0 Å². The summed E-state index contributed by atoms with van der Waals surface area (Å²) in [5, 5.41) is 2.34.